The summed E-state index contributed by atoms with van der Waals surface area (Å²) in [5.74, 6) is 0.400. The number of aryl methyl sites for hydroxylation is 2. The number of nitrogens with one attached hydrogen (secondary N) is 1. The van der Waals surface area contributed by atoms with Crippen molar-refractivity contribution in [1.29, 1.82) is 0 Å². The average Bonchev–Trinajstić information content (AvgIpc) is 3.39. The van der Waals surface area contributed by atoms with Gasteiger partial charge in [-0.3, -0.25) is 19.2 Å². The summed E-state index contributed by atoms with van der Waals surface area (Å²) in [4.78, 5) is 33.0. The van der Waals surface area contributed by atoms with Gasteiger partial charge in [0.05, 0.1) is 6.20 Å². The van der Waals surface area contributed by atoms with Gasteiger partial charge >= 0.3 is 0 Å². The van der Waals surface area contributed by atoms with Crippen LogP contribution in [-0.2, 0) is 25.3 Å². The maximum absolute atomic E-state index is 12.6. The molecule has 0 radical (unpaired) electrons. The van der Waals surface area contributed by atoms with E-state index in [9.17, 15) is 9.59 Å². The van der Waals surface area contributed by atoms with Crippen LogP contribution in [0.3, 0.4) is 0 Å². The van der Waals surface area contributed by atoms with Crippen LogP contribution in [0.2, 0.25) is 0 Å². The molecule has 9 nitrogen and oxygen atoms in total. The van der Waals surface area contributed by atoms with E-state index in [1.807, 2.05) is 33.5 Å². The summed E-state index contributed by atoms with van der Waals surface area (Å²) in [6.45, 7) is 1.24. The number of amides is 2. The fraction of sp³-hybridized carbons (Fsp3) is 0.600. The van der Waals surface area contributed by atoms with Crippen LogP contribution in [0.5, 0.6) is 0 Å². The van der Waals surface area contributed by atoms with E-state index in [0.717, 1.165) is 24.8 Å². The molecule has 1 saturated heterocycles. The fourth-order valence-electron chi connectivity index (χ4n) is 3.84. The molecule has 1 aliphatic rings. The van der Waals surface area contributed by atoms with Crippen molar-refractivity contribution in [1.82, 2.24) is 34.4 Å². The lowest BCUT2D eigenvalue weighted by atomic mass is 10.1. The van der Waals surface area contributed by atoms with Crippen molar-refractivity contribution in [3.63, 3.8) is 0 Å². The smallest absolute Gasteiger partial charge is 0.287 e. The van der Waals surface area contributed by atoms with Crippen LogP contribution in [0.1, 0.15) is 35.4 Å². The highest BCUT2D eigenvalue weighted by Gasteiger charge is 2.32. The molecule has 158 valence electrons. The Balaban J connectivity index is 1.42. The predicted octanol–water partition coefficient (Wildman–Crippen LogP) is 0.437. The molecule has 2 amide bonds. The van der Waals surface area contributed by atoms with E-state index in [-0.39, 0.29) is 23.9 Å². The number of carbonyl (C=O) groups excluding carboxylic acids is 2. The highest BCUT2D eigenvalue weighted by atomic mass is 16.2. The highest BCUT2D eigenvalue weighted by molar-refractivity contribution is 5.90. The largest absolute Gasteiger partial charge is 0.348 e. The van der Waals surface area contributed by atoms with E-state index >= 15 is 0 Å². The molecule has 0 saturated carbocycles. The molecule has 3 rings (SSSR count). The van der Waals surface area contributed by atoms with Gasteiger partial charge in [-0.25, -0.2) is 4.98 Å². The fourth-order valence-corrected chi connectivity index (χ4v) is 3.84. The number of rotatable bonds is 8. The summed E-state index contributed by atoms with van der Waals surface area (Å²) < 4.78 is 3.48. The Hall–Kier alpha value is -2.68. The standard InChI is InChI=1S/C20H31N7O2/c1-24(9-7-15-12-23-26(3)14-15)18(28)11-16-5-6-17(27(16)4)13-22-20(29)19-21-8-10-25(19)2/h8,10,12,14,16-17H,5-7,9,11,13H2,1-4H3,(H,22,29)/t16-,17+/m1/s1. The summed E-state index contributed by atoms with van der Waals surface area (Å²) in [6, 6.07) is 0.441. The summed E-state index contributed by atoms with van der Waals surface area (Å²) >= 11 is 0. The van der Waals surface area contributed by atoms with Crippen molar-refractivity contribution in [3.05, 3.63) is 36.2 Å². The Bertz CT molecular complexity index is 844. The monoisotopic (exact) mass is 401 g/mol. The van der Waals surface area contributed by atoms with Crippen molar-refractivity contribution in [3.8, 4) is 0 Å². The van der Waals surface area contributed by atoms with Crippen LogP contribution in [-0.4, -0.2) is 80.2 Å². The molecule has 0 aliphatic carbocycles. The number of hydrogen-bond donors (Lipinski definition) is 1. The van der Waals surface area contributed by atoms with Crippen LogP contribution >= 0.6 is 0 Å². The van der Waals surface area contributed by atoms with Gasteiger partial charge in [-0.2, -0.15) is 5.10 Å². The molecule has 0 bridgehead atoms. The van der Waals surface area contributed by atoms with Gasteiger partial charge in [0.1, 0.15) is 0 Å². The quantitative estimate of drug-likeness (QED) is 0.693. The van der Waals surface area contributed by atoms with Crippen molar-refractivity contribution < 1.29 is 9.59 Å². The molecule has 9 heteroatoms. The molecular weight excluding hydrogens is 370 g/mol. The second kappa shape index (κ2) is 9.21. The minimum absolute atomic E-state index is 0.156. The van der Waals surface area contributed by atoms with Crippen molar-refractivity contribution >= 4 is 11.8 Å². The van der Waals surface area contributed by atoms with Crippen molar-refractivity contribution in [2.75, 3.05) is 27.2 Å². The van der Waals surface area contributed by atoms with Gasteiger partial charge in [0.15, 0.2) is 5.82 Å². The van der Waals surface area contributed by atoms with Gasteiger partial charge < -0.3 is 14.8 Å². The second-order valence-corrected chi connectivity index (χ2v) is 7.91. The summed E-state index contributed by atoms with van der Waals surface area (Å²) in [6.07, 6.45) is 10.4. The van der Waals surface area contributed by atoms with E-state index < -0.39 is 0 Å². The normalized spacial score (nSPS) is 19.4. The third kappa shape index (κ3) is 5.23. The summed E-state index contributed by atoms with van der Waals surface area (Å²) in [7, 11) is 7.59. The zero-order chi connectivity index (χ0) is 21.0. The van der Waals surface area contributed by atoms with Crippen LogP contribution in [0, 0.1) is 0 Å². The minimum Gasteiger partial charge on any atom is -0.348 e. The van der Waals surface area contributed by atoms with Gasteiger partial charge in [-0.1, -0.05) is 0 Å². The Morgan fingerprint density at radius 1 is 1.24 bits per heavy atom. The van der Waals surface area contributed by atoms with Crippen LogP contribution in [0.15, 0.2) is 24.8 Å². The Morgan fingerprint density at radius 3 is 2.66 bits per heavy atom. The van der Waals surface area contributed by atoms with E-state index in [4.69, 9.17) is 0 Å². The van der Waals surface area contributed by atoms with Gasteiger partial charge in [-0.15, -0.1) is 0 Å². The topological polar surface area (TPSA) is 88.3 Å². The number of carbonyl (C=O) groups is 2. The molecule has 0 unspecified atom stereocenters. The number of likely N-dealkylation sites (tertiary alicyclic amines) is 1. The maximum Gasteiger partial charge on any atom is 0.287 e. The number of likely N-dealkylation sites (N-methyl/N-ethyl adjacent to an activating group) is 2. The summed E-state index contributed by atoms with van der Waals surface area (Å²) in [5, 5.41) is 7.13. The first-order valence-corrected chi connectivity index (χ1v) is 10.0. The van der Waals surface area contributed by atoms with Gasteiger partial charge in [0.25, 0.3) is 5.91 Å². The lowest BCUT2D eigenvalue weighted by molar-refractivity contribution is -0.131. The molecule has 2 aromatic rings. The third-order valence-electron chi connectivity index (χ3n) is 5.84. The third-order valence-corrected chi connectivity index (χ3v) is 5.84. The molecule has 2 aromatic heterocycles. The molecule has 1 aliphatic heterocycles. The van der Waals surface area contributed by atoms with Crippen LogP contribution in [0.4, 0.5) is 0 Å². The van der Waals surface area contributed by atoms with E-state index in [1.54, 1.807) is 33.6 Å². The molecular formula is C20H31N7O2. The first-order chi connectivity index (χ1) is 13.8. The predicted molar refractivity (Wildman–Crippen MR) is 109 cm³/mol. The van der Waals surface area contributed by atoms with Crippen molar-refractivity contribution in [2.45, 2.75) is 37.8 Å². The zero-order valence-corrected chi connectivity index (χ0v) is 17.7. The maximum atomic E-state index is 12.6. The molecule has 1 fully saturated rings. The number of aromatic nitrogens is 4. The Kier molecular flexibility index (Phi) is 6.68. The first-order valence-electron chi connectivity index (χ1n) is 10.0. The molecule has 0 spiro atoms. The van der Waals surface area contributed by atoms with E-state index in [2.05, 4.69) is 20.3 Å². The average molecular weight is 402 g/mol. The van der Waals surface area contributed by atoms with Gasteiger partial charge in [0.2, 0.25) is 5.91 Å². The molecule has 3 heterocycles. The molecule has 29 heavy (non-hydrogen) atoms. The van der Waals surface area contributed by atoms with Crippen LogP contribution in [0.25, 0.3) is 0 Å². The van der Waals surface area contributed by atoms with Gasteiger partial charge in [-0.05, 0) is 31.9 Å². The first kappa shape index (κ1) is 21.0. The Labute approximate surface area is 171 Å². The molecule has 1 N–H and O–H groups in total. The molecule has 0 aromatic carbocycles. The Morgan fingerprint density at radius 2 is 2.00 bits per heavy atom. The number of imidazole rings is 1. The number of nitrogens with zero attached hydrogens (tertiary/aromatic N) is 6. The SMILES string of the molecule is CN(CCc1cnn(C)c1)C(=O)C[C@H]1CC[C@@H](CNC(=O)c2nccn2C)N1C. The summed E-state index contributed by atoms with van der Waals surface area (Å²) in [5.41, 5.74) is 1.13. The minimum atomic E-state index is -0.166. The highest BCUT2D eigenvalue weighted by Crippen LogP contribution is 2.24. The lowest BCUT2D eigenvalue weighted by Crippen LogP contribution is -2.43. The van der Waals surface area contributed by atoms with Gasteiger partial charge in [0, 0.05) is 71.3 Å². The van der Waals surface area contributed by atoms with Crippen molar-refractivity contribution in [2.24, 2.45) is 14.1 Å². The van der Waals surface area contributed by atoms with E-state index in [1.165, 1.54) is 0 Å². The van der Waals surface area contributed by atoms with Crippen LogP contribution < -0.4 is 5.32 Å². The van der Waals surface area contributed by atoms with E-state index in [0.29, 0.717) is 25.3 Å². The zero-order valence-electron chi connectivity index (χ0n) is 17.7. The molecule has 2 atom stereocenters. The second-order valence-electron chi connectivity index (χ2n) is 7.91. The number of hydrogen-bond acceptors (Lipinski definition) is 5. The lowest BCUT2D eigenvalue weighted by Gasteiger charge is -2.27.